The second kappa shape index (κ2) is 4.99. The molecule has 1 aromatic heterocycles. The molecule has 0 aliphatic carbocycles. The first kappa shape index (κ1) is 12.3. The molecule has 18 heavy (non-hydrogen) atoms. The van der Waals surface area contributed by atoms with Gasteiger partial charge in [0.1, 0.15) is 5.82 Å². The number of methoxy groups -OCH3 is 1. The lowest BCUT2D eigenvalue weighted by Gasteiger charge is -2.16. The lowest BCUT2D eigenvalue weighted by Crippen LogP contribution is -2.24. The maximum Gasteiger partial charge on any atom is 0.310 e. The smallest absolute Gasteiger partial charge is 0.310 e. The van der Waals surface area contributed by atoms with Crippen molar-refractivity contribution in [3.63, 3.8) is 0 Å². The molecule has 1 aromatic rings. The van der Waals surface area contributed by atoms with Crippen LogP contribution in [0, 0.1) is 16.0 Å². The minimum absolute atomic E-state index is 0.00141. The summed E-state index contributed by atoms with van der Waals surface area (Å²) in [5.74, 6) is 0.0922. The van der Waals surface area contributed by atoms with Crippen molar-refractivity contribution in [1.29, 1.82) is 0 Å². The Kier molecular flexibility index (Phi) is 3.40. The molecule has 2 heterocycles. The van der Waals surface area contributed by atoms with Crippen molar-refractivity contribution in [3.8, 4) is 0 Å². The molecule has 96 valence electrons. The van der Waals surface area contributed by atoms with E-state index in [1.807, 2.05) is 4.90 Å². The fourth-order valence-corrected chi connectivity index (χ4v) is 2.02. The van der Waals surface area contributed by atoms with Gasteiger partial charge in [0, 0.05) is 25.4 Å². The highest BCUT2D eigenvalue weighted by Crippen LogP contribution is 2.25. The average Bonchev–Trinajstić information content (AvgIpc) is 2.87. The van der Waals surface area contributed by atoms with Gasteiger partial charge in [-0.2, -0.15) is 0 Å². The van der Waals surface area contributed by atoms with Gasteiger partial charge >= 0.3 is 5.97 Å². The molecular formula is C11H13N3O4. The van der Waals surface area contributed by atoms with Crippen LogP contribution in [0.4, 0.5) is 11.5 Å². The zero-order chi connectivity index (χ0) is 13.1. The summed E-state index contributed by atoms with van der Waals surface area (Å²) in [7, 11) is 1.36. The van der Waals surface area contributed by atoms with E-state index in [4.69, 9.17) is 0 Å². The van der Waals surface area contributed by atoms with Crippen molar-refractivity contribution < 1.29 is 14.5 Å². The largest absolute Gasteiger partial charge is 0.469 e. The molecule has 1 fully saturated rings. The number of aromatic nitrogens is 1. The molecule has 0 bridgehead atoms. The summed E-state index contributed by atoms with van der Waals surface area (Å²) in [6.45, 7) is 1.13. The number of anilines is 1. The van der Waals surface area contributed by atoms with E-state index in [-0.39, 0.29) is 17.6 Å². The van der Waals surface area contributed by atoms with Crippen LogP contribution in [0.15, 0.2) is 18.3 Å². The normalized spacial score (nSPS) is 18.7. The SMILES string of the molecule is COC(=O)C1CCN(c2cc([N+](=O)[O-])ccn2)C1. The fourth-order valence-electron chi connectivity index (χ4n) is 2.02. The Morgan fingerprint density at radius 3 is 3.11 bits per heavy atom. The Labute approximate surface area is 104 Å². The van der Waals surface area contributed by atoms with Crippen LogP contribution < -0.4 is 4.90 Å². The van der Waals surface area contributed by atoms with Crippen LogP contribution in [0.2, 0.25) is 0 Å². The maximum atomic E-state index is 11.4. The van der Waals surface area contributed by atoms with Gasteiger partial charge < -0.3 is 9.64 Å². The number of hydrogen-bond donors (Lipinski definition) is 0. The molecule has 2 rings (SSSR count). The summed E-state index contributed by atoms with van der Waals surface area (Å²) in [6.07, 6.45) is 2.08. The van der Waals surface area contributed by atoms with E-state index >= 15 is 0 Å². The molecule has 1 unspecified atom stereocenters. The molecule has 0 radical (unpaired) electrons. The van der Waals surface area contributed by atoms with Crippen molar-refractivity contribution >= 4 is 17.5 Å². The third-order valence-electron chi connectivity index (χ3n) is 2.99. The predicted octanol–water partition coefficient (Wildman–Crippen LogP) is 0.989. The summed E-state index contributed by atoms with van der Waals surface area (Å²) >= 11 is 0. The minimum atomic E-state index is -0.459. The number of pyridine rings is 1. The Morgan fingerprint density at radius 2 is 2.44 bits per heavy atom. The summed E-state index contributed by atoms with van der Waals surface area (Å²) < 4.78 is 4.69. The highest BCUT2D eigenvalue weighted by atomic mass is 16.6. The zero-order valence-electron chi connectivity index (χ0n) is 9.91. The van der Waals surface area contributed by atoms with E-state index in [0.29, 0.717) is 25.3 Å². The number of hydrogen-bond acceptors (Lipinski definition) is 6. The van der Waals surface area contributed by atoms with E-state index in [1.165, 1.54) is 25.4 Å². The number of ether oxygens (including phenoxy) is 1. The number of nitrogens with zero attached hydrogens (tertiary/aromatic N) is 3. The molecule has 1 aliphatic heterocycles. The van der Waals surface area contributed by atoms with Crippen LogP contribution in [0.1, 0.15) is 6.42 Å². The van der Waals surface area contributed by atoms with Gasteiger partial charge in [0.05, 0.1) is 24.0 Å². The van der Waals surface area contributed by atoms with Crippen molar-refractivity contribution in [3.05, 3.63) is 28.4 Å². The molecule has 7 nitrogen and oxygen atoms in total. The number of rotatable bonds is 3. The van der Waals surface area contributed by atoms with Gasteiger partial charge in [0.2, 0.25) is 0 Å². The van der Waals surface area contributed by atoms with E-state index in [1.54, 1.807) is 0 Å². The molecule has 1 aliphatic rings. The van der Waals surface area contributed by atoms with E-state index in [0.717, 1.165) is 0 Å². The predicted molar refractivity (Wildman–Crippen MR) is 63.2 cm³/mol. The van der Waals surface area contributed by atoms with Gasteiger partial charge in [-0.1, -0.05) is 0 Å². The average molecular weight is 251 g/mol. The number of esters is 1. The second-order valence-corrected chi connectivity index (χ2v) is 4.08. The number of carbonyl (C=O) groups is 1. The topological polar surface area (TPSA) is 85.6 Å². The van der Waals surface area contributed by atoms with Crippen molar-refractivity contribution in [2.24, 2.45) is 5.92 Å². The minimum Gasteiger partial charge on any atom is -0.469 e. The Bertz CT molecular complexity index is 477. The molecule has 0 saturated carbocycles. The van der Waals surface area contributed by atoms with Crippen molar-refractivity contribution in [2.75, 3.05) is 25.1 Å². The molecule has 0 spiro atoms. The van der Waals surface area contributed by atoms with Gasteiger partial charge in [0.25, 0.3) is 5.69 Å². The van der Waals surface area contributed by atoms with Crippen molar-refractivity contribution in [2.45, 2.75) is 6.42 Å². The Balaban J connectivity index is 2.12. The van der Waals surface area contributed by atoms with Crippen LogP contribution in [-0.4, -0.2) is 36.1 Å². The Hall–Kier alpha value is -2.18. The first-order valence-corrected chi connectivity index (χ1v) is 5.55. The number of nitro groups is 1. The van der Waals surface area contributed by atoms with Crippen LogP contribution >= 0.6 is 0 Å². The van der Waals surface area contributed by atoms with Crippen LogP contribution in [0.5, 0.6) is 0 Å². The molecule has 1 atom stereocenters. The lowest BCUT2D eigenvalue weighted by molar-refractivity contribution is -0.384. The first-order valence-electron chi connectivity index (χ1n) is 5.55. The van der Waals surface area contributed by atoms with E-state index in [9.17, 15) is 14.9 Å². The van der Waals surface area contributed by atoms with Crippen molar-refractivity contribution in [1.82, 2.24) is 4.98 Å². The molecule has 0 aromatic carbocycles. The molecular weight excluding hydrogens is 238 g/mol. The van der Waals surface area contributed by atoms with Gasteiger partial charge in [-0.15, -0.1) is 0 Å². The summed E-state index contributed by atoms with van der Waals surface area (Å²) in [6, 6.07) is 2.76. The van der Waals surface area contributed by atoms with Crippen LogP contribution in [-0.2, 0) is 9.53 Å². The monoisotopic (exact) mass is 251 g/mol. The zero-order valence-corrected chi connectivity index (χ0v) is 9.91. The quantitative estimate of drug-likeness (QED) is 0.452. The fraction of sp³-hybridized carbons (Fsp3) is 0.455. The van der Waals surface area contributed by atoms with E-state index < -0.39 is 4.92 Å². The van der Waals surface area contributed by atoms with Gasteiger partial charge in [-0.3, -0.25) is 14.9 Å². The second-order valence-electron chi connectivity index (χ2n) is 4.08. The Morgan fingerprint density at radius 1 is 1.67 bits per heavy atom. The van der Waals surface area contributed by atoms with Gasteiger partial charge in [0.15, 0.2) is 0 Å². The maximum absolute atomic E-state index is 11.4. The van der Waals surface area contributed by atoms with Crippen LogP contribution in [0.25, 0.3) is 0 Å². The van der Waals surface area contributed by atoms with E-state index in [2.05, 4.69) is 9.72 Å². The molecule has 1 saturated heterocycles. The molecule has 0 amide bonds. The summed E-state index contributed by atoms with van der Waals surface area (Å²) in [5.41, 5.74) is 0.00141. The molecule has 0 N–H and O–H groups in total. The summed E-state index contributed by atoms with van der Waals surface area (Å²) in [5, 5.41) is 10.7. The third-order valence-corrected chi connectivity index (χ3v) is 2.99. The third kappa shape index (κ3) is 2.39. The summed E-state index contributed by atoms with van der Waals surface area (Å²) in [4.78, 5) is 27.5. The van der Waals surface area contributed by atoms with Gasteiger partial charge in [-0.25, -0.2) is 4.98 Å². The lowest BCUT2D eigenvalue weighted by atomic mass is 10.1. The standard InChI is InChI=1S/C11H13N3O4/c1-18-11(15)8-3-5-13(7-8)10-6-9(14(16)17)2-4-12-10/h2,4,6,8H,3,5,7H2,1H3. The highest BCUT2D eigenvalue weighted by Gasteiger charge is 2.30. The number of carbonyl (C=O) groups excluding carboxylic acids is 1. The molecule has 7 heteroatoms. The highest BCUT2D eigenvalue weighted by molar-refractivity contribution is 5.74. The first-order chi connectivity index (χ1) is 8.61. The van der Waals surface area contributed by atoms with Crippen LogP contribution in [0.3, 0.4) is 0 Å². The van der Waals surface area contributed by atoms with Gasteiger partial charge in [-0.05, 0) is 6.42 Å².